The van der Waals surface area contributed by atoms with Gasteiger partial charge in [-0.25, -0.2) is 18.7 Å². The molecule has 0 saturated heterocycles. The number of halogens is 3. The summed E-state index contributed by atoms with van der Waals surface area (Å²) in [5.41, 5.74) is 13.6. The lowest BCUT2D eigenvalue weighted by Gasteiger charge is -2.14. The number of carbonyl (C=O) groups is 1. The van der Waals surface area contributed by atoms with E-state index in [0.717, 1.165) is 12.8 Å². The fourth-order valence-electron chi connectivity index (χ4n) is 4.45. The van der Waals surface area contributed by atoms with Gasteiger partial charge in [-0.3, -0.25) is 14.3 Å². The number of imidazole rings is 1. The molecule has 10 heteroatoms. The number of nitrogen functional groups attached to an aromatic ring is 1. The van der Waals surface area contributed by atoms with Gasteiger partial charge < -0.3 is 11.5 Å². The second-order valence-electron chi connectivity index (χ2n) is 8.48. The molecule has 1 aliphatic carbocycles. The fraction of sp³-hybridized carbons (Fsp3) is 0.120. The molecule has 7 nitrogen and oxygen atoms in total. The summed E-state index contributed by atoms with van der Waals surface area (Å²) in [6.07, 6.45) is 4.70. The molecule has 2 aromatic carbocycles. The van der Waals surface area contributed by atoms with Gasteiger partial charge in [0.2, 0.25) is 0 Å². The summed E-state index contributed by atoms with van der Waals surface area (Å²) in [6.45, 7) is 0. The zero-order chi connectivity index (χ0) is 24.4. The third-order valence-electron chi connectivity index (χ3n) is 6.23. The van der Waals surface area contributed by atoms with Crippen molar-refractivity contribution < 1.29 is 13.6 Å². The predicted molar refractivity (Wildman–Crippen MR) is 129 cm³/mol. The molecule has 0 unspecified atom stereocenters. The van der Waals surface area contributed by atoms with Crippen molar-refractivity contribution in [3.8, 4) is 16.8 Å². The highest BCUT2D eigenvalue weighted by Crippen LogP contribution is 2.44. The van der Waals surface area contributed by atoms with Crippen molar-refractivity contribution in [1.82, 2.24) is 19.5 Å². The van der Waals surface area contributed by atoms with E-state index < -0.39 is 17.5 Å². The molecular formula is C25H17ClF2N6O. The summed E-state index contributed by atoms with van der Waals surface area (Å²) >= 11 is 6.32. The van der Waals surface area contributed by atoms with E-state index >= 15 is 4.39 Å². The van der Waals surface area contributed by atoms with Crippen molar-refractivity contribution >= 4 is 45.3 Å². The van der Waals surface area contributed by atoms with Crippen LogP contribution in [0.3, 0.4) is 0 Å². The maximum Gasteiger partial charge on any atom is 0.250 e. The molecule has 1 aliphatic rings. The van der Waals surface area contributed by atoms with Crippen LogP contribution in [-0.2, 0) is 0 Å². The number of primary amides is 1. The van der Waals surface area contributed by atoms with Gasteiger partial charge in [0.05, 0.1) is 32.7 Å². The number of amides is 1. The molecule has 0 bridgehead atoms. The summed E-state index contributed by atoms with van der Waals surface area (Å²) in [5.74, 6) is -1.45. The van der Waals surface area contributed by atoms with Gasteiger partial charge in [-0.1, -0.05) is 11.6 Å². The highest BCUT2D eigenvalue weighted by Gasteiger charge is 2.32. The minimum absolute atomic E-state index is 0.116. The Morgan fingerprint density at radius 3 is 2.57 bits per heavy atom. The molecule has 1 amide bonds. The van der Waals surface area contributed by atoms with Crippen molar-refractivity contribution in [3.05, 3.63) is 76.8 Å². The standard InChI is InChI=1S/C25H17ClF2N6O/c26-15-3-4-16(27)19-17(6-8-31-22(15)19)34-18-10-12(13-5-7-32-23(29)20(13)28)9-14(24(30)35)21(18)33-25(34)11-1-2-11/h3-11H,1-2H2,(H2,29,32)(H2,30,35). The summed E-state index contributed by atoms with van der Waals surface area (Å²) in [7, 11) is 0. The first-order valence-corrected chi connectivity index (χ1v) is 11.2. The summed E-state index contributed by atoms with van der Waals surface area (Å²) in [5, 5.41) is 0.514. The summed E-state index contributed by atoms with van der Waals surface area (Å²) in [4.78, 5) is 25.3. The first-order chi connectivity index (χ1) is 16.8. The zero-order valence-corrected chi connectivity index (χ0v) is 18.9. The van der Waals surface area contributed by atoms with Crippen LogP contribution in [0, 0.1) is 11.6 Å². The average molecular weight is 491 g/mol. The van der Waals surface area contributed by atoms with Crippen molar-refractivity contribution in [2.45, 2.75) is 18.8 Å². The Morgan fingerprint density at radius 2 is 1.83 bits per heavy atom. The Morgan fingerprint density at radius 1 is 1.06 bits per heavy atom. The van der Waals surface area contributed by atoms with Gasteiger partial charge in [-0.2, -0.15) is 0 Å². The van der Waals surface area contributed by atoms with Gasteiger partial charge in [0, 0.05) is 23.9 Å². The molecule has 6 rings (SSSR count). The van der Waals surface area contributed by atoms with Gasteiger partial charge in [-0.15, -0.1) is 0 Å². The number of aromatic nitrogens is 4. The first kappa shape index (κ1) is 21.4. The minimum Gasteiger partial charge on any atom is -0.381 e. The monoisotopic (exact) mass is 490 g/mol. The predicted octanol–water partition coefficient (Wildman–Crippen LogP) is 5.13. The Labute approximate surface area is 202 Å². The van der Waals surface area contributed by atoms with Crippen molar-refractivity contribution in [3.63, 3.8) is 0 Å². The summed E-state index contributed by atoms with van der Waals surface area (Å²) < 4.78 is 31.8. The smallest absolute Gasteiger partial charge is 0.250 e. The number of carbonyl (C=O) groups excluding carboxylic acids is 1. The van der Waals surface area contributed by atoms with Gasteiger partial charge in [0.1, 0.15) is 17.2 Å². The molecule has 3 heterocycles. The number of anilines is 1. The molecule has 174 valence electrons. The minimum atomic E-state index is -0.722. The Balaban J connectivity index is 1.76. The normalized spacial score (nSPS) is 13.6. The van der Waals surface area contributed by atoms with Gasteiger partial charge in [0.25, 0.3) is 5.91 Å². The van der Waals surface area contributed by atoms with Crippen LogP contribution in [0.15, 0.2) is 48.8 Å². The average Bonchev–Trinajstić information content (AvgIpc) is 3.62. The van der Waals surface area contributed by atoms with Crippen molar-refractivity contribution in [2.24, 2.45) is 5.73 Å². The number of hydrogen-bond acceptors (Lipinski definition) is 5. The molecule has 1 fully saturated rings. The molecule has 0 spiro atoms. The lowest BCUT2D eigenvalue weighted by molar-refractivity contribution is 0.100. The Kier molecular flexibility index (Phi) is 4.72. The van der Waals surface area contributed by atoms with Crippen molar-refractivity contribution in [1.29, 1.82) is 0 Å². The molecule has 5 aromatic rings. The van der Waals surface area contributed by atoms with Crippen LogP contribution in [0.25, 0.3) is 38.8 Å². The molecule has 1 saturated carbocycles. The summed E-state index contributed by atoms with van der Waals surface area (Å²) in [6, 6.07) is 9.02. The molecule has 4 N–H and O–H groups in total. The number of nitrogens with zero attached hydrogens (tertiary/aromatic N) is 4. The third kappa shape index (κ3) is 3.30. The number of nitrogens with two attached hydrogens (primary N) is 2. The molecule has 3 aromatic heterocycles. The van der Waals surface area contributed by atoms with Gasteiger partial charge in [-0.05, 0) is 54.8 Å². The third-order valence-corrected chi connectivity index (χ3v) is 6.54. The maximum atomic E-state index is 15.1. The molecule has 0 radical (unpaired) electrons. The van der Waals surface area contributed by atoms with Crippen LogP contribution in [0.4, 0.5) is 14.6 Å². The Hall–Kier alpha value is -4.11. The van der Waals surface area contributed by atoms with E-state index in [2.05, 4.69) is 9.97 Å². The number of hydrogen-bond donors (Lipinski definition) is 2. The second-order valence-corrected chi connectivity index (χ2v) is 8.88. The van der Waals surface area contributed by atoms with Crippen LogP contribution in [0.1, 0.15) is 34.9 Å². The van der Waals surface area contributed by atoms with E-state index in [1.165, 1.54) is 36.7 Å². The van der Waals surface area contributed by atoms with Crippen LogP contribution in [-0.4, -0.2) is 25.4 Å². The number of rotatable bonds is 4. The van der Waals surface area contributed by atoms with Crippen molar-refractivity contribution in [2.75, 3.05) is 5.73 Å². The quantitative estimate of drug-likeness (QED) is 0.363. The van der Waals surface area contributed by atoms with E-state index in [9.17, 15) is 9.18 Å². The molecule has 0 atom stereocenters. The SMILES string of the molecule is NC(=O)c1cc(-c2ccnc(N)c2F)cc2c1nc(C1CC1)n2-c1ccnc2c(Cl)ccc(F)c12. The number of benzene rings is 2. The van der Waals surface area contributed by atoms with Crippen LogP contribution < -0.4 is 11.5 Å². The molecule has 0 aliphatic heterocycles. The van der Waals surface area contributed by atoms with Crippen LogP contribution in [0.2, 0.25) is 5.02 Å². The van der Waals surface area contributed by atoms with E-state index in [1.54, 1.807) is 16.7 Å². The number of pyridine rings is 2. The molecule has 35 heavy (non-hydrogen) atoms. The lowest BCUT2D eigenvalue weighted by atomic mass is 10.0. The largest absolute Gasteiger partial charge is 0.381 e. The van der Waals surface area contributed by atoms with Gasteiger partial charge >= 0.3 is 0 Å². The number of fused-ring (bicyclic) bond motifs is 2. The second kappa shape index (κ2) is 7.71. The first-order valence-electron chi connectivity index (χ1n) is 10.8. The van der Waals surface area contributed by atoms with E-state index in [4.69, 9.17) is 28.1 Å². The van der Waals surface area contributed by atoms with E-state index in [-0.39, 0.29) is 28.2 Å². The van der Waals surface area contributed by atoms with E-state index in [1.807, 2.05) is 0 Å². The lowest BCUT2D eigenvalue weighted by Crippen LogP contribution is -2.12. The van der Waals surface area contributed by atoms with Crippen LogP contribution in [0.5, 0.6) is 0 Å². The fourth-order valence-corrected chi connectivity index (χ4v) is 4.66. The highest BCUT2D eigenvalue weighted by atomic mass is 35.5. The van der Waals surface area contributed by atoms with Gasteiger partial charge in [0.15, 0.2) is 11.6 Å². The topological polar surface area (TPSA) is 113 Å². The van der Waals surface area contributed by atoms with Crippen LogP contribution >= 0.6 is 11.6 Å². The Bertz CT molecular complexity index is 1700. The zero-order valence-electron chi connectivity index (χ0n) is 18.1. The highest BCUT2D eigenvalue weighted by molar-refractivity contribution is 6.35. The molecular weight excluding hydrogens is 474 g/mol. The van der Waals surface area contributed by atoms with E-state index in [0.29, 0.717) is 38.6 Å². The maximum absolute atomic E-state index is 15.1.